The van der Waals surface area contributed by atoms with Crippen LogP contribution in [0.2, 0.25) is 0 Å². The number of hydrogen-bond acceptors (Lipinski definition) is 3. The standard InChI is InChI=1S/C19H24FNO2/c1-19(2,3)21-12-16(22)15-10-7-11-17(18(15)20)23-13-14-8-5-4-6-9-14/h4-11,16,21-22H,12-13H2,1-3H3/t16-/m0/s1. The maximum atomic E-state index is 14.5. The Hall–Kier alpha value is -1.91. The summed E-state index contributed by atoms with van der Waals surface area (Å²) in [6.45, 7) is 6.56. The van der Waals surface area contributed by atoms with Crippen LogP contribution < -0.4 is 10.1 Å². The fourth-order valence-electron chi connectivity index (χ4n) is 2.14. The lowest BCUT2D eigenvalue weighted by atomic mass is 10.1. The lowest BCUT2D eigenvalue weighted by molar-refractivity contribution is 0.157. The molecule has 2 N–H and O–H groups in total. The van der Waals surface area contributed by atoms with Gasteiger partial charge in [-0.3, -0.25) is 0 Å². The lowest BCUT2D eigenvalue weighted by Gasteiger charge is -2.23. The molecule has 2 rings (SSSR count). The van der Waals surface area contributed by atoms with E-state index in [1.165, 1.54) is 0 Å². The Morgan fingerprint density at radius 1 is 1.09 bits per heavy atom. The second kappa shape index (κ2) is 7.57. The molecule has 0 heterocycles. The third-order valence-electron chi connectivity index (χ3n) is 3.42. The van der Waals surface area contributed by atoms with Gasteiger partial charge >= 0.3 is 0 Å². The van der Waals surface area contributed by atoms with Crippen LogP contribution in [0.4, 0.5) is 4.39 Å². The highest BCUT2D eigenvalue weighted by Gasteiger charge is 2.19. The molecule has 0 saturated heterocycles. The SMILES string of the molecule is CC(C)(C)NC[C@H](O)c1cccc(OCc2ccccc2)c1F. The lowest BCUT2D eigenvalue weighted by Crippen LogP contribution is -2.38. The van der Waals surface area contributed by atoms with Gasteiger partial charge in [-0.15, -0.1) is 0 Å². The molecule has 0 aliphatic heterocycles. The number of rotatable bonds is 6. The van der Waals surface area contributed by atoms with Crippen molar-refractivity contribution in [1.29, 1.82) is 0 Å². The summed E-state index contributed by atoms with van der Waals surface area (Å²) in [4.78, 5) is 0. The van der Waals surface area contributed by atoms with E-state index in [1.54, 1.807) is 18.2 Å². The smallest absolute Gasteiger partial charge is 0.170 e. The molecular formula is C19H24FNO2. The van der Waals surface area contributed by atoms with E-state index in [0.717, 1.165) is 5.56 Å². The molecule has 4 heteroatoms. The van der Waals surface area contributed by atoms with E-state index in [9.17, 15) is 9.50 Å². The van der Waals surface area contributed by atoms with E-state index in [4.69, 9.17) is 4.74 Å². The number of ether oxygens (including phenoxy) is 1. The van der Waals surface area contributed by atoms with Gasteiger partial charge in [0.1, 0.15) is 6.61 Å². The number of nitrogens with one attached hydrogen (secondary N) is 1. The van der Waals surface area contributed by atoms with Crippen molar-refractivity contribution in [3.05, 3.63) is 65.5 Å². The van der Waals surface area contributed by atoms with E-state index in [-0.39, 0.29) is 30.0 Å². The average molecular weight is 317 g/mol. The maximum Gasteiger partial charge on any atom is 0.170 e. The minimum absolute atomic E-state index is 0.140. The summed E-state index contributed by atoms with van der Waals surface area (Å²) in [6, 6.07) is 14.4. The molecule has 0 radical (unpaired) electrons. The second-order valence-corrected chi connectivity index (χ2v) is 6.58. The van der Waals surface area contributed by atoms with Crippen molar-refractivity contribution < 1.29 is 14.2 Å². The molecule has 0 saturated carbocycles. The maximum absolute atomic E-state index is 14.5. The number of halogens is 1. The molecule has 2 aromatic carbocycles. The molecule has 0 aromatic heterocycles. The van der Waals surface area contributed by atoms with Crippen molar-refractivity contribution in [2.45, 2.75) is 39.0 Å². The Morgan fingerprint density at radius 2 is 1.78 bits per heavy atom. The Morgan fingerprint density at radius 3 is 2.43 bits per heavy atom. The highest BCUT2D eigenvalue weighted by Crippen LogP contribution is 2.26. The third kappa shape index (κ3) is 5.34. The Kier molecular flexibility index (Phi) is 5.74. The van der Waals surface area contributed by atoms with E-state index in [2.05, 4.69) is 5.32 Å². The van der Waals surface area contributed by atoms with Gasteiger partial charge in [-0.25, -0.2) is 4.39 Å². The molecule has 124 valence electrons. The zero-order chi connectivity index (χ0) is 16.9. The zero-order valence-corrected chi connectivity index (χ0v) is 13.8. The fraction of sp³-hybridized carbons (Fsp3) is 0.368. The molecule has 1 atom stereocenters. The second-order valence-electron chi connectivity index (χ2n) is 6.58. The van der Waals surface area contributed by atoms with Crippen LogP contribution >= 0.6 is 0 Å². The van der Waals surface area contributed by atoms with Crippen LogP contribution in [0.15, 0.2) is 48.5 Å². The number of benzene rings is 2. The van der Waals surface area contributed by atoms with E-state index in [0.29, 0.717) is 0 Å². The summed E-state index contributed by atoms with van der Waals surface area (Å²) in [7, 11) is 0. The van der Waals surface area contributed by atoms with Crippen LogP contribution in [0, 0.1) is 5.82 Å². The van der Waals surface area contributed by atoms with Gasteiger partial charge in [0.25, 0.3) is 0 Å². The van der Waals surface area contributed by atoms with Gasteiger partial charge in [-0.2, -0.15) is 0 Å². The number of β-amino-alcohol motifs (C(OH)–C–C–N with tert-alkyl or cyclic N) is 1. The van der Waals surface area contributed by atoms with Crippen molar-refractivity contribution in [2.75, 3.05) is 6.54 Å². The van der Waals surface area contributed by atoms with Gasteiger partial charge in [0.2, 0.25) is 0 Å². The molecule has 0 fully saturated rings. The molecule has 0 aliphatic carbocycles. The number of hydrogen-bond donors (Lipinski definition) is 2. The average Bonchev–Trinajstić information content (AvgIpc) is 2.52. The molecule has 2 aromatic rings. The van der Waals surface area contributed by atoms with Gasteiger partial charge in [0, 0.05) is 17.6 Å². The molecule has 3 nitrogen and oxygen atoms in total. The van der Waals surface area contributed by atoms with Crippen LogP contribution in [0.5, 0.6) is 5.75 Å². The predicted molar refractivity (Wildman–Crippen MR) is 89.9 cm³/mol. The first-order valence-electron chi connectivity index (χ1n) is 7.75. The molecule has 23 heavy (non-hydrogen) atoms. The normalized spacial score (nSPS) is 12.9. The molecule has 0 unspecified atom stereocenters. The molecule has 0 amide bonds. The van der Waals surface area contributed by atoms with Gasteiger partial charge < -0.3 is 15.2 Å². The van der Waals surface area contributed by atoms with Crippen molar-refractivity contribution in [2.24, 2.45) is 0 Å². The van der Waals surface area contributed by atoms with Crippen LogP contribution in [0.3, 0.4) is 0 Å². The van der Waals surface area contributed by atoms with E-state index in [1.807, 2.05) is 51.1 Å². The first-order valence-corrected chi connectivity index (χ1v) is 7.75. The monoisotopic (exact) mass is 317 g/mol. The van der Waals surface area contributed by atoms with Gasteiger partial charge in [-0.1, -0.05) is 42.5 Å². The quantitative estimate of drug-likeness (QED) is 0.851. The minimum Gasteiger partial charge on any atom is -0.486 e. The number of aliphatic hydroxyl groups is 1. The molecule has 0 bridgehead atoms. The topological polar surface area (TPSA) is 41.5 Å². The van der Waals surface area contributed by atoms with E-state index >= 15 is 0 Å². The highest BCUT2D eigenvalue weighted by molar-refractivity contribution is 5.33. The number of aliphatic hydroxyl groups excluding tert-OH is 1. The van der Waals surface area contributed by atoms with Crippen molar-refractivity contribution in [3.8, 4) is 5.75 Å². The van der Waals surface area contributed by atoms with Crippen LogP contribution in [-0.2, 0) is 6.61 Å². The van der Waals surface area contributed by atoms with Crippen molar-refractivity contribution >= 4 is 0 Å². The van der Waals surface area contributed by atoms with Crippen molar-refractivity contribution in [3.63, 3.8) is 0 Å². The highest BCUT2D eigenvalue weighted by atomic mass is 19.1. The summed E-state index contributed by atoms with van der Waals surface area (Å²) in [6.07, 6.45) is -0.922. The summed E-state index contributed by atoms with van der Waals surface area (Å²) in [5.41, 5.74) is 1.07. The van der Waals surface area contributed by atoms with Gasteiger partial charge in [0.15, 0.2) is 11.6 Å². The third-order valence-corrected chi connectivity index (χ3v) is 3.42. The molecule has 0 spiro atoms. The molecule has 0 aliphatic rings. The van der Waals surface area contributed by atoms with Gasteiger partial charge in [-0.05, 0) is 32.4 Å². The van der Waals surface area contributed by atoms with Gasteiger partial charge in [0.05, 0.1) is 6.10 Å². The minimum atomic E-state index is -0.922. The largest absolute Gasteiger partial charge is 0.486 e. The van der Waals surface area contributed by atoms with Crippen LogP contribution in [-0.4, -0.2) is 17.2 Å². The summed E-state index contributed by atoms with van der Waals surface area (Å²) < 4.78 is 20.1. The Balaban J connectivity index is 2.05. The van der Waals surface area contributed by atoms with Crippen LogP contribution in [0.1, 0.15) is 38.0 Å². The summed E-state index contributed by atoms with van der Waals surface area (Å²) >= 11 is 0. The zero-order valence-electron chi connectivity index (χ0n) is 13.8. The summed E-state index contributed by atoms with van der Waals surface area (Å²) in [5.74, 6) is -0.354. The first kappa shape index (κ1) is 17.4. The van der Waals surface area contributed by atoms with E-state index < -0.39 is 11.9 Å². The Bertz CT molecular complexity index is 623. The van der Waals surface area contributed by atoms with Crippen molar-refractivity contribution in [1.82, 2.24) is 5.32 Å². The summed E-state index contributed by atoms with van der Waals surface area (Å²) in [5, 5.41) is 13.4. The fourth-order valence-corrected chi connectivity index (χ4v) is 2.14. The van der Waals surface area contributed by atoms with Crippen LogP contribution in [0.25, 0.3) is 0 Å². The first-order chi connectivity index (χ1) is 10.9. The predicted octanol–water partition coefficient (Wildman–Crippen LogP) is 3.83. The Labute approximate surface area is 137 Å². The molecular weight excluding hydrogens is 293 g/mol.